The summed E-state index contributed by atoms with van der Waals surface area (Å²) >= 11 is 5.82. The molecule has 2 aromatic rings. The van der Waals surface area contributed by atoms with E-state index in [-0.39, 0.29) is 11.6 Å². The molecule has 0 saturated carbocycles. The number of aliphatic hydroxyl groups is 1. The van der Waals surface area contributed by atoms with Crippen molar-refractivity contribution in [1.29, 1.82) is 0 Å². The molecule has 1 aromatic carbocycles. The summed E-state index contributed by atoms with van der Waals surface area (Å²) in [6, 6.07) is 5.72. The highest BCUT2D eigenvalue weighted by Gasteiger charge is 2.17. The van der Waals surface area contributed by atoms with Crippen LogP contribution in [0, 0.1) is 12.7 Å². The first-order valence-corrected chi connectivity index (χ1v) is 5.72. The molecule has 1 unspecified atom stereocenters. The van der Waals surface area contributed by atoms with Crippen molar-refractivity contribution < 1.29 is 9.50 Å². The number of halogens is 2. The van der Waals surface area contributed by atoms with Crippen molar-refractivity contribution in [3.05, 3.63) is 58.0 Å². The van der Waals surface area contributed by atoms with E-state index in [4.69, 9.17) is 17.3 Å². The van der Waals surface area contributed by atoms with Gasteiger partial charge in [-0.3, -0.25) is 0 Å². The molecule has 18 heavy (non-hydrogen) atoms. The van der Waals surface area contributed by atoms with Crippen LogP contribution in [0.5, 0.6) is 0 Å². The molecule has 3 N–H and O–H groups in total. The molecule has 0 saturated heterocycles. The van der Waals surface area contributed by atoms with Crippen LogP contribution in [0.2, 0.25) is 5.02 Å². The van der Waals surface area contributed by atoms with Gasteiger partial charge in [0.25, 0.3) is 0 Å². The van der Waals surface area contributed by atoms with Crippen LogP contribution < -0.4 is 5.73 Å². The predicted octanol–water partition coefficient (Wildman–Crippen LogP) is 2.85. The Morgan fingerprint density at radius 2 is 2.06 bits per heavy atom. The molecule has 2 rings (SSSR count). The molecular weight excluding hydrogens is 255 g/mol. The third-order valence-corrected chi connectivity index (χ3v) is 2.94. The van der Waals surface area contributed by atoms with Gasteiger partial charge in [-0.15, -0.1) is 0 Å². The third kappa shape index (κ3) is 2.44. The Balaban J connectivity index is 2.47. The molecular formula is C13H12ClFN2O. The summed E-state index contributed by atoms with van der Waals surface area (Å²) in [5.41, 5.74) is 7.33. The molecule has 1 atom stereocenters. The van der Waals surface area contributed by atoms with Crippen LogP contribution >= 0.6 is 11.6 Å². The molecule has 0 bridgehead atoms. The topological polar surface area (TPSA) is 59.1 Å². The van der Waals surface area contributed by atoms with Crippen LogP contribution in [0.15, 0.2) is 30.5 Å². The van der Waals surface area contributed by atoms with Crippen LogP contribution in [0.4, 0.5) is 10.2 Å². The van der Waals surface area contributed by atoms with Crippen LogP contribution in [0.25, 0.3) is 0 Å². The van der Waals surface area contributed by atoms with Gasteiger partial charge in [0.15, 0.2) is 0 Å². The fourth-order valence-corrected chi connectivity index (χ4v) is 1.96. The molecule has 0 spiro atoms. The van der Waals surface area contributed by atoms with E-state index in [2.05, 4.69) is 4.98 Å². The van der Waals surface area contributed by atoms with Gasteiger partial charge in [0.05, 0.1) is 5.02 Å². The maximum Gasteiger partial charge on any atom is 0.129 e. The number of rotatable bonds is 2. The van der Waals surface area contributed by atoms with Crippen molar-refractivity contribution in [2.75, 3.05) is 5.73 Å². The fourth-order valence-electron chi connectivity index (χ4n) is 1.80. The monoisotopic (exact) mass is 266 g/mol. The second kappa shape index (κ2) is 4.92. The van der Waals surface area contributed by atoms with E-state index in [0.717, 1.165) is 0 Å². The lowest BCUT2D eigenvalue weighted by Gasteiger charge is -2.15. The number of nitrogen functional groups attached to an aromatic ring is 1. The normalized spacial score (nSPS) is 12.4. The number of hydrogen-bond donors (Lipinski definition) is 2. The summed E-state index contributed by atoms with van der Waals surface area (Å²) in [6.45, 7) is 1.72. The SMILES string of the molecule is Cc1cc(F)ccc1C(O)c1cc(Cl)cnc1N. The Bertz CT molecular complexity index is 589. The van der Waals surface area contributed by atoms with Gasteiger partial charge >= 0.3 is 0 Å². The number of pyridine rings is 1. The van der Waals surface area contributed by atoms with Crippen molar-refractivity contribution in [1.82, 2.24) is 4.98 Å². The molecule has 0 radical (unpaired) electrons. The lowest BCUT2D eigenvalue weighted by atomic mass is 9.98. The first kappa shape index (κ1) is 12.8. The van der Waals surface area contributed by atoms with Gasteiger partial charge in [-0.2, -0.15) is 0 Å². The van der Waals surface area contributed by atoms with Crippen molar-refractivity contribution >= 4 is 17.4 Å². The Morgan fingerprint density at radius 1 is 1.33 bits per heavy atom. The smallest absolute Gasteiger partial charge is 0.129 e. The molecule has 0 aliphatic heterocycles. The molecule has 5 heteroatoms. The highest BCUT2D eigenvalue weighted by Crippen LogP contribution is 2.29. The largest absolute Gasteiger partial charge is 0.384 e. The van der Waals surface area contributed by atoms with Crippen LogP contribution in [0.1, 0.15) is 22.8 Å². The maximum atomic E-state index is 13.0. The van der Waals surface area contributed by atoms with E-state index in [9.17, 15) is 9.50 Å². The number of aromatic nitrogens is 1. The summed E-state index contributed by atoms with van der Waals surface area (Å²) in [4.78, 5) is 3.88. The average Bonchev–Trinajstić information content (AvgIpc) is 2.31. The van der Waals surface area contributed by atoms with E-state index >= 15 is 0 Å². The van der Waals surface area contributed by atoms with Gasteiger partial charge in [-0.25, -0.2) is 9.37 Å². The van der Waals surface area contributed by atoms with Gasteiger partial charge in [-0.1, -0.05) is 17.7 Å². The number of aliphatic hydroxyl groups excluding tert-OH is 1. The van der Waals surface area contributed by atoms with Crippen LogP contribution in [0.3, 0.4) is 0 Å². The molecule has 0 aliphatic carbocycles. The quantitative estimate of drug-likeness (QED) is 0.879. The second-order valence-electron chi connectivity index (χ2n) is 4.03. The zero-order chi connectivity index (χ0) is 13.3. The van der Waals surface area contributed by atoms with Crippen molar-refractivity contribution in [2.24, 2.45) is 0 Å². The molecule has 0 amide bonds. The number of benzene rings is 1. The maximum absolute atomic E-state index is 13.0. The number of aryl methyl sites for hydroxylation is 1. The lowest BCUT2D eigenvalue weighted by molar-refractivity contribution is 0.220. The minimum absolute atomic E-state index is 0.204. The van der Waals surface area contributed by atoms with Gasteiger partial charge < -0.3 is 10.8 Å². The molecule has 1 heterocycles. The van der Waals surface area contributed by atoms with Gasteiger partial charge in [0.1, 0.15) is 17.7 Å². The van der Waals surface area contributed by atoms with E-state index in [1.807, 2.05) is 0 Å². The Morgan fingerprint density at radius 3 is 2.72 bits per heavy atom. The lowest BCUT2D eigenvalue weighted by Crippen LogP contribution is -2.07. The van der Waals surface area contributed by atoms with Crippen molar-refractivity contribution in [3.63, 3.8) is 0 Å². The van der Waals surface area contributed by atoms with E-state index in [1.165, 1.54) is 24.4 Å². The highest BCUT2D eigenvalue weighted by molar-refractivity contribution is 6.30. The molecule has 94 valence electrons. The zero-order valence-corrected chi connectivity index (χ0v) is 10.4. The Hall–Kier alpha value is -1.65. The summed E-state index contributed by atoms with van der Waals surface area (Å²) in [5, 5.41) is 10.7. The zero-order valence-electron chi connectivity index (χ0n) is 9.69. The highest BCUT2D eigenvalue weighted by atomic mass is 35.5. The van der Waals surface area contributed by atoms with Gasteiger partial charge in [0.2, 0.25) is 0 Å². The Labute approximate surface area is 109 Å². The van der Waals surface area contributed by atoms with E-state index in [0.29, 0.717) is 21.7 Å². The minimum atomic E-state index is -0.975. The molecule has 0 aliphatic rings. The summed E-state index contributed by atoms with van der Waals surface area (Å²) in [6.07, 6.45) is 0.432. The predicted molar refractivity (Wildman–Crippen MR) is 68.9 cm³/mol. The molecule has 3 nitrogen and oxygen atoms in total. The first-order chi connectivity index (χ1) is 8.49. The van der Waals surface area contributed by atoms with Gasteiger partial charge in [-0.05, 0) is 36.2 Å². The van der Waals surface area contributed by atoms with Crippen molar-refractivity contribution in [3.8, 4) is 0 Å². The van der Waals surface area contributed by atoms with Crippen molar-refractivity contribution in [2.45, 2.75) is 13.0 Å². The minimum Gasteiger partial charge on any atom is -0.384 e. The van der Waals surface area contributed by atoms with E-state index < -0.39 is 6.10 Å². The van der Waals surface area contributed by atoms with Crippen LogP contribution in [-0.2, 0) is 0 Å². The van der Waals surface area contributed by atoms with Crippen LogP contribution in [-0.4, -0.2) is 10.1 Å². The standard InChI is InChI=1S/C13H12ClFN2O/c1-7-4-9(15)2-3-10(7)12(18)11-5-8(14)6-17-13(11)16/h2-6,12,18H,1H3,(H2,16,17). The first-order valence-electron chi connectivity index (χ1n) is 5.34. The fraction of sp³-hybridized carbons (Fsp3) is 0.154. The summed E-state index contributed by atoms with van der Waals surface area (Å²) < 4.78 is 13.0. The van der Waals surface area contributed by atoms with Gasteiger partial charge in [0, 0.05) is 11.8 Å². The summed E-state index contributed by atoms with van der Waals surface area (Å²) in [5.74, 6) is -0.142. The Kier molecular flexibility index (Phi) is 3.50. The molecule has 1 aromatic heterocycles. The number of hydrogen-bond acceptors (Lipinski definition) is 3. The number of anilines is 1. The molecule has 0 fully saturated rings. The summed E-state index contributed by atoms with van der Waals surface area (Å²) in [7, 11) is 0. The third-order valence-electron chi connectivity index (χ3n) is 2.74. The second-order valence-corrected chi connectivity index (χ2v) is 4.47. The number of nitrogens with two attached hydrogens (primary N) is 1. The average molecular weight is 267 g/mol. The van der Waals surface area contributed by atoms with E-state index in [1.54, 1.807) is 13.0 Å². The number of nitrogens with zero attached hydrogens (tertiary/aromatic N) is 1.